The van der Waals surface area contributed by atoms with Crippen molar-refractivity contribution in [3.63, 3.8) is 0 Å². The molecule has 3 unspecified atom stereocenters. The smallest absolute Gasteiger partial charge is 0.306 e. The van der Waals surface area contributed by atoms with E-state index in [1.807, 2.05) is 4.90 Å². The lowest BCUT2D eigenvalue weighted by atomic mass is 9.92. The second-order valence-electron chi connectivity index (χ2n) is 10.3. The number of hydrogen-bond acceptors (Lipinski definition) is 4. The molecular weight excluding hydrogens is 388 g/mol. The Morgan fingerprint density at radius 3 is 2.16 bits per heavy atom. The average molecular weight is 437 g/mol. The molecule has 5 heteroatoms. The highest BCUT2D eigenvalue weighted by Crippen LogP contribution is 2.22. The van der Waals surface area contributed by atoms with Crippen molar-refractivity contribution in [3.8, 4) is 0 Å². The van der Waals surface area contributed by atoms with Crippen molar-refractivity contribution in [3.05, 3.63) is 0 Å². The highest BCUT2D eigenvalue weighted by Gasteiger charge is 2.29. The quantitative estimate of drug-likeness (QED) is 0.254. The van der Waals surface area contributed by atoms with Crippen LogP contribution in [0.1, 0.15) is 104 Å². The van der Waals surface area contributed by atoms with Crippen molar-refractivity contribution < 1.29 is 14.3 Å². The number of nitrogens with zero attached hydrogens (tertiary/aromatic N) is 2. The van der Waals surface area contributed by atoms with Crippen LogP contribution in [0.25, 0.3) is 0 Å². The van der Waals surface area contributed by atoms with E-state index in [0.29, 0.717) is 31.2 Å². The van der Waals surface area contributed by atoms with Gasteiger partial charge >= 0.3 is 5.97 Å². The van der Waals surface area contributed by atoms with Crippen LogP contribution in [0.3, 0.4) is 0 Å². The van der Waals surface area contributed by atoms with E-state index in [2.05, 4.69) is 25.7 Å². The fourth-order valence-corrected chi connectivity index (χ4v) is 5.33. The number of likely N-dealkylation sites (tertiary alicyclic amines) is 2. The Morgan fingerprint density at radius 2 is 1.58 bits per heavy atom. The van der Waals surface area contributed by atoms with Crippen molar-refractivity contribution in [2.75, 3.05) is 32.7 Å². The second-order valence-corrected chi connectivity index (χ2v) is 10.3. The number of rotatable bonds is 15. The van der Waals surface area contributed by atoms with Gasteiger partial charge in [-0.2, -0.15) is 0 Å². The molecule has 0 radical (unpaired) electrons. The van der Waals surface area contributed by atoms with Crippen LogP contribution < -0.4 is 0 Å². The molecule has 0 N–H and O–H groups in total. The molecule has 2 aliphatic rings. The molecule has 0 saturated carbocycles. The highest BCUT2D eigenvalue weighted by molar-refractivity contribution is 5.78. The second kappa shape index (κ2) is 14.9. The van der Waals surface area contributed by atoms with E-state index in [4.69, 9.17) is 4.74 Å². The van der Waals surface area contributed by atoms with Crippen LogP contribution in [0.4, 0.5) is 0 Å². The molecule has 0 aromatic rings. The molecule has 31 heavy (non-hydrogen) atoms. The van der Waals surface area contributed by atoms with E-state index >= 15 is 0 Å². The zero-order chi connectivity index (χ0) is 22.5. The van der Waals surface area contributed by atoms with Gasteiger partial charge in [0.1, 0.15) is 6.10 Å². The summed E-state index contributed by atoms with van der Waals surface area (Å²) < 4.78 is 5.93. The zero-order valence-electron chi connectivity index (χ0n) is 20.6. The summed E-state index contributed by atoms with van der Waals surface area (Å²) in [6.07, 6.45) is 14.3. The van der Waals surface area contributed by atoms with Gasteiger partial charge in [0, 0.05) is 39.0 Å². The van der Waals surface area contributed by atoms with Gasteiger partial charge in [0.25, 0.3) is 0 Å². The van der Waals surface area contributed by atoms with Gasteiger partial charge in [-0.15, -0.1) is 0 Å². The minimum atomic E-state index is -0.203. The Kier molecular flexibility index (Phi) is 12.5. The minimum Gasteiger partial charge on any atom is -0.459 e. The summed E-state index contributed by atoms with van der Waals surface area (Å²) in [7, 11) is 0. The lowest BCUT2D eigenvalue weighted by Crippen LogP contribution is -2.47. The number of unbranched alkanes of at least 4 members (excludes halogenated alkanes) is 8. The molecule has 1 amide bonds. The van der Waals surface area contributed by atoms with Gasteiger partial charge in [-0.3, -0.25) is 14.5 Å². The summed E-state index contributed by atoms with van der Waals surface area (Å²) in [5, 5.41) is 0. The number of esters is 1. The molecule has 2 heterocycles. The van der Waals surface area contributed by atoms with Gasteiger partial charge < -0.3 is 9.64 Å². The first-order valence-corrected chi connectivity index (χ1v) is 13.2. The first kappa shape index (κ1) is 26.2. The van der Waals surface area contributed by atoms with Gasteiger partial charge in [-0.25, -0.2) is 0 Å². The molecule has 180 valence electrons. The number of carbonyl (C=O) groups excluding carboxylic acids is 2. The van der Waals surface area contributed by atoms with Gasteiger partial charge in [-0.1, -0.05) is 72.1 Å². The highest BCUT2D eigenvalue weighted by atomic mass is 16.5. The molecule has 0 aliphatic carbocycles. The molecular formula is C26H48N2O3. The van der Waals surface area contributed by atoms with E-state index in [-0.39, 0.29) is 18.0 Å². The largest absolute Gasteiger partial charge is 0.459 e. The summed E-state index contributed by atoms with van der Waals surface area (Å²) in [5.41, 5.74) is 0. The fraction of sp³-hybridized carbons (Fsp3) is 0.923. The molecule has 2 saturated heterocycles. The van der Waals surface area contributed by atoms with E-state index in [9.17, 15) is 9.59 Å². The Balaban J connectivity index is 1.71. The van der Waals surface area contributed by atoms with Crippen LogP contribution in [0.15, 0.2) is 0 Å². The number of hydrogen-bond donors (Lipinski definition) is 0. The normalized spacial score (nSPS) is 23.3. The Labute approximate surface area is 191 Å². The monoisotopic (exact) mass is 436 g/mol. The van der Waals surface area contributed by atoms with Crippen molar-refractivity contribution in [1.82, 2.24) is 9.80 Å². The van der Waals surface area contributed by atoms with E-state index < -0.39 is 0 Å². The van der Waals surface area contributed by atoms with Crippen molar-refractivity contribution in [1.29, 1.82) is 0 Å². The van der Waals surface area contributed by atoms with E-state index in [1.54, 1.807) is 0 Å². The average Bonchev–Trinajstić information content (AvgIpc) is 3.10. The molecule has 3 atom stereocenters. The van der Waals surface area contributed by atoms with Gasteiger partial charge in [-0.05, 0) is 31.1 Å². The lowest BCUT2D eigenvalue weighted by Gasteiger charge is -2.37. The molecule has 0 aromatic carbocycles. The summed E-state index contributed by atoms with van der Waals surface area (Å²) in [6, 6.07) is 0. The molecule has 0 spiro atoms. The minimum absolute atomic E-state index is 0.0855. The summed E-state index contributed by atoms with van der Waals surface area (Å²) in [5.74, 6) is 1.48. The molecule has 2 fully saturated rings. The van der Waals surface area contributed by atoms with Gasteiger partial charge in [0.05, 0.1) is 6.54 Å². The van der Waals surface area contributed by atoms with Crippen LogP contribution >= 0.6 is 0 Å². The Hall–Kier alpha value is -1.10. The van der Waals surface area contributed by atoms with Crippen LogP contribution in [0.2, 0.25) is 0 Å². The maximum absolute atomic E-state index is 12.5. The maximum Gasteiger partial charge on any atom is 0.306 e. The molecule has 5 nitrogen and oxygen atoms in total. The number of amides is 1. The van der Waals surface area contributed by atoms with Crippen LogP contribution in [0, 0.1) is 11.8 Å². The molecule has 0 bridgehead atoms. The summed E-state index contributed by atoms with van der Waals surface area (Å²) in [4.78, 5) is 29.0. The topological polar surface area (TPSA) is 49.9 Å². The third kappa shape index (κ3) is 10.9. The summed E-state index contributed by atoms with van der Waals surface area (Å²) >= 11 is 0. The first-order chi connectivity index (χ1) is 15.0. The maximum atomic E-state index is 12.5. The third-order valence-electron chi connectivity index (χ3n) is 6.78. The molecule has 2 aliphatic heterocycles. The van der Waals surface area contributed by atoms with Crippen molar-refractivity contribution >= 4 is 11.9 Å². The van der Waals surface area contributed by atoms with Crippen molar-refractivity contribution in [2.24, 2.45) is 11.8 Å². The summed E-state index contributed by atoms with van der Waals surface area (Å²) in [6.45, 7) is 11.1. The van der Waals surface area contributed by atoms with E-state index in [0.717, 1.165) is 45.4 Å². The van der Waals surface area contributed by atoms with Gasteiger partial charge in [0.15, 0.2) is 0 Å². The molecule has 2 rings (SSSR count). The standard InChI is InChI=1S/C26H48N2O3/c1-4-5-6-7-8-9-10-11-12-15-26(30)31-24(21-28-16-13-14-25(28)29)20-27-18-22(2)17-23(3)19-27/h22-24H,4-21H2,1-3H3. The predicted octanol–water partition coefficient (Wildman–Crippen LogP) is 5.42. The van der Waals surface area contributed by atoms with Gasteiger partial charge in [0.2, 0.25) is 5.91 Å². The van der Waals surface area contributed by atoms with Crippen molar-refractivity contribution in [2.45, 2.75) is 110 Å². The fourth-order valence-electron chi connectivity index (χ4n) is 5.33. The predicted molar refractivity (Wildman–Crippen MR) is 127 cm³/mol. The van der Waals surface area contributed by atoms with Crippen LogP contribution in [0.5, 0.6) is 0 Å². The SMILES string of the molecule is CCCCCCCCCCCC(=O)OC(CN1CC(C)CC(C)C1)CN1CCCC1=O. The number of ether oxygens (including phenoxy) is 1. The molecule has 0 aromatic heterocycles. The lowest BCUT2D eigenvalue weighted by molar-refractivity contribution is -0.153. The van der Waals surface area contributed by atoms with Crippen LogP contribution in [-0.4, -0.2) is 60.5 Å². The van der Waals surface area contributed by atoms with Crippen LogP contribution in [-0.2, 0) is 14.3 Å². The number of piperidine rings is 1. The first-order valence-electron chi connectivity index (χ1n) is 13.2. The Bertz CT molecular complexity index is 515. The van der Waals surface area contributed by atoms with E-state index in [1.165, 1.54) is 51.4 Å². The third-order valence-corrected chi connectivity index (χ3v) is 6.78. The zero-order valence-corrected chi connectivity index (χ0v) is 20.6. The number of carbonyl (C=O) groups is 2. The Morgan fingerprint density at radius 1 is 0.968 bits per heavy atom.